The zero-order valence-electron chi connectivity index (χ0n) is 9.56. The highest BCUT2D eigenvalue weighted by atomic mass is 19.1. The topological polar surface area (TPSA) is 38.8 Å². The van der Waals surface area contributed by atoms with Crippen LogP contribution in [-0.4, -0.2) is 37.8 Å². The molecule has 17 heavy (non-hydrogen) atoms. The van der Waals surface area contributed by atoms with Gasteiger partial charge in [-0.2, -0.15) is 0 Å². The molecule has 92 valence electrons. The van der Waals surface area contributed by atoms with Gasteiger partial charge >= 0.3 is 6.09 Å². The second-order valence-electron chi connectivity index (χ2n) is 3.83. The number of hydrogen-bond donors (Lipinski definition) is 0. The first-order valence-corrected chi connectivity index (χ1v) is 5.40. The summed E-state index contributed by atoms with van der Waals surface area (Å²) in [5.74, 6) is -0.283. The van der Waals surface area contributed by atoms with Crippen LogP contribution in [0.15, 0.2) is 24.3 Å². The minimum atomic E-state index is -0.361. The summed E-state index contributed by atoms with van der Waals surface area (Å²) in [6.07, 6.45) is -0.580. The van der Waals surface area contributed by atoms with Crippen molar-refractivity contribution in [2.45, 2.75) is 6.10 Å². The number of carbonyl (C=O) groups excluding carboxylic acids is 1. The van der Waals surface area contributed by atoms with Crippen molar-refractivity contribution < 1.29 is 18.7 Å². The first-order valence-electron chi connectivity index (χ1n) is 5.40. The molecule has 0 unspecified atom stereocenters. The van der Waals surface area contributed by atoms with Crippen molar-refractivity contribution in [1.82, 2.24) is 4.90 Å². The fraction of sp³-hybridized carbons (Fsp3) is 0.417. The Bertz CT molecular complexity index is 393. The third-order valence-electron chi connectivity index (χ3n) is 2.74. The van der Waals surface area contributed by atoms with Crippen LogP contribution in [0.2, 0.25) is 0 Å². The van der Waals surface area contributed by atoms with E-state index in [-0.39, 0.29) is 18.0 Å². The van der Waals surface area contributed by atoms with Crippen molar-refractivity contribution in [3.05, 3.63) is 35.6 Å². The molecule has 0 aromatic heterocycles. The molecule has 1 aliphatic rings. The predicted molar refractivity (Wildman–Crippen MR) is 59.1 cm³/mol. The van der Waals surface area contributed by atoms with E-state index >= 15 is 0 Å². The minimum absolute atomic E-state index is 0.219. The third-order valence-corrected chi connectivity index (χ3v) is 2.74. The molecule has 1 aromatic rings. The van der Waals surface area contributed by atoms with Crippen molar-refractivity contribution >= 4 is 6.09 Å². The number of methoxy groups -OCH3 is 1. The van der Waals surface area contributed by atoms with Gasteiger partial charge in [-0.1, -0.05) is 12.1 Å². The molecule has 1 atom stereocenters. The molecular weight excluding hydrogens is 225 g/mol. The molecule has 1 amide bonds. The van der Waals surface area contributed by atoms with Gasteiger partial charge in [-0.3, -0.25) is 0 Å². The number of hydrogen-bond acceptors (Lipinski definition) is 3. The van der Waals surface area contributed by atoms with Crippen LogP contribution >= 0.6 is 0 Å². The molecule has 5 heteroatoms. The number of nitrogens with zero attached hydrogens (tertiary/aromatic N) is 1. The molecule has 1 aromatic carbocycles. The number of carbonyl (C=O) groups is 1. The molecule has 2 rings (SSSR count). The maximum absolute atomic E-state index is 12.8. The van der Waals surface area contributed by atoms with E-state index in [1.807, 2.05) is 0 Å². The standard InChI is InChI=1S/C12H14FNO3/c1-16-12(15)14-6-7-17-11(8-14)9-2-4-10(13)5-3-9/h2-5,11H,6-8H2,1H3/t11-/m1/s1. The van der Waals surface area contributed by atoms with Crippen LogP contribution in [0.5, 0.6) is 0 Å². The van der Waals surface area contributed by atoms with Crippen LogP contribution in [-0.2, 0) is 9.47 Å². The highest BCUT2D eigenvalue weighted by molar-refractivity contribution is 5.67. The lowest BCUT2D eigenvalue weighted by Crippen LogP contribution is -2.42. The number of rotatable bonds is 1. The molecule has 0 N–H and O–H groups in total. The highest BCUT2D eigenvalue weighted by Gasteiger charge is 2.25. The van der Waals surface area contributed by atoms with Gasteiger partial charge in [-0.15, -0.1) is 0 Å². The molecule has 1 fully saturated rings. The Hall–Kier alpha value is -1.62. The van der Waals surface area contributed by atoms with Gasteiger partial charge in [0.1, 0.15) is 11.9 Å². The molecule has 4 nitrogen and oxygen atoms in total. The zero-order valence-corrected chi connectivity index (χ0v) is 9.56. The monoisotopic (exact) mass is 239 g/mol. The molecule has 0 aliphatic carbocycles. The van der Waals surface area contributed by atoms with Crippen LogP contribution in [0.1, 0.15) is 11.7 Å². The molecule has 0 radical (unpaired) electrons. The quantitative estimate of drug-likeness (QED) is 0.752. The lowest BCUT2D eigenvalue weighted by molar-refractivity contribution is -0.0258. The minimum Gasteiger partial charge on any atom is -0.453 e. The Labute approximate surface area is 98.9 Å². The van der Waals surface area contributed by atoms with Gasteiger partial charge in [0.05, 0.1) is 20.3 Å². The van der Waals surface area contributed by atoms with Crippen molar-refractivity contribution in [1.29, 1.82) is 0 Å². The van der Waals surface area contributed by atoms with Gasteiger partial charge in [-0.05, 0) is 17.7 Å². The van der Waals surface area contributed by atoms with Gasteiger partial charge in [0.2, 0.25) is 0 Å². The number of halogens is 1. The van der Waals surface area contributed by atoms with Gasteiger partial charge in [0.15, 0.2) is 0 Å². The van der Waals surface area contributed by atoms with Crippen molar-refractivity contribution in [2.24, 2.45) is 0 Å². The Morgan fingerprint density at radius 2 is 2.18 bits per heavy atom. The molecule has 0 saturated carbocycles. The lowest BCUT2D eigenvalue weighted by atomic mass is 10.1. The average Bonchev–Trinajstić information content (AvgIpc) is 2.39. The van der Waals surface area contributed by atoms with E-state index in [0.29, 0.717) is 19.7 Å². The van der Waals surface area contributed by atoms with E-state index < -0.39 is 0 Å². The zero-order chi connectivity index (χ0) is 12.3. The molecule has 1 aliphatic heterocycles. The first kappa shape index (κ1) is 11.9. The van der Waals surface area contributed by atoms with Gasteiger partial charge < -0.3 is 14.4 Å². The van der Waals surface area contributed by atoms with Crippen molar-refractivity contribution in [2.75, 3.05) is 26.8 Å². The fourth-order valence-corrected chi connectivity index (χ4v) is 1.82. The van der Waals surface area contributed by atoms with Crippen LogP contribution in [0.3, 0.4) is 0 Å². The Morgan fingerprint density at radius 1 is 1.47 bits per heavy atom. The van der Waals surface area contributed by atoms with E-state index in [2.05, 4.69) is 4.74 Å². The third kappa shape index (κ3) is 2.74. The fourth-order valence-electron chi connectivity index (χ4n) is 1.82. The summed E-state index contributed by atoms with van der Waals surface area (Å²) in [5.41, 5.74) is 0.861. The first-order chi connectivity index (χ1) is 8.20. The van der Waals surface area contributed by atoms with Gasteiger partial charge in [-0.25, -0.2) is 9.18 Å². The molecule has 1 heterocycles. The van der Waals surface area contributed by atoms with E-state index in [1.54, 1.807) is 17.0 Å². The van der Waals surface area contributed by atoms with Crippen molar-refractivity contribution in [3.8, 4) is 0 Å². The second-order valence-corrected chi connectivity index (χ2v) is 3.83. The van der Waals surface area contributed by atoms with E-state index in [4.69, 9.17) is 4.74 Å². The predicted octanol–water partition coefficient (Wildman–Crippen LogP) is 1.97. The number of benzene rings is 1. The number of morpholine rings is 1. The maximum atomic E-state index is 12.8. The van der Waals surface area contributed by atoms with E-state index in [1.165, 1.54) is 19.2 Å². The van der Waals surface area contributed by atoms with Crippen LogP contribution in [0, 0.1) is 5.82 Å². The molecule has 1 saturated heterocycles. The van der Waals surface area contributed by atoms with E-state index in [0.717, 1.165) is 5.56 Å². The summed E-state index contributed by atoms with van der Waals surface area (Å²) in [6, 6.07) is 6.10. The number of amides is 1. The van der Waals surface area contributed by atoms with E-state index in [9.17, 15) is 9.18 Å². The molecule has 0 spiro atoms. The van der Waals surface area contributed by atoms with Gasteiger partial charge in [0.25, 0.3) is 0 Å². The molecular formula is C12H14FNO3. The summed E-state index contributed by atoms with van der Waals surface area (Å²) >= 11 is 0. The normalized spacial score (nSPS) is 20.1. The van der Waals surface area contributed by atoms with Crippen LogP contribution in [0.4, 0.5) is 9.18 Å². The summed E-state index contributed by atoms with van der Waals surface area (Å²) in [5, 5.41) is 0. The summed E-state index contributed by atoms with van der Waals surface area (Å²) < 4.78 is 23.0. The molecule has 0 bridgehead atoms. The van der Waals surface area contributed by atoms with Crippen LogP contribution < -0.4 is 0 Å². The van der Waals surface area contributed by atoms with Gasteiger partial charge in [0, 0.05) is 6.54 Å². The summed E-state index contributed by atoms with van der Waals surface area (Å²) in [4.78, 5) is 13.0. The SMILES string of the molecule is COC(=O)N1CCO[C@@H](c2ccc(F)cc2)C1. The Balaban J connectivity index is 2.06. The lowest BCUT2D eigenvalue weighted by Gasteiger charge is -2.32. The Kier molecular flexibility index (Phi) is 3.58. The van der Waals surface area contributed by atoms with Crippen molar-refractivity contribution in [3.63, 3.8) is 0 Å². The summed E-state index contributed by atoms with van der Waals surface area (Å²) in [6.45, 7) is 1.40. The largest absolute Gasteiger partial charge is 0.453 e. The maximum Gasteiger partial charge on any atom is 0.409 e. The highest BCUT2D eigenvalue weighted by Crippen LogP contribution is 2.22. The van der Waals surface area contributed by atoms with Crippen LogP contribution in [0.25, 0.3) is 0 Å². The number of ether oxygens (including phenoxy) is 2. The second kappa shape index (κ2) is 5.14. The average molecular weight is 239 g/mol. The Morgan fingerprint density at radius 3 is 2.82 bits per heavy atom. The smallest absolute Gasteiger partial charge is 0.409 e. The summed E-state index contributed by atoms with van der Waals surface area (Å²) in [7, 11) is 1.35.